The first-order valence-electron chi connectivity index (χ1n) is 14.0. The number of rotatable bonds is 11. The molecule has 4 amide bonds. The van der Waals surface area contributed by atoms with Gasteiger partial charge in [-0.15, -0.1) is 0 Å². The van der Waals surface area contributed by atoms with E-state index in [1.807, 2.05) is 6.07 Å². The monoisotopic (exact) mass is 564 g/mol. The van der Waals surface area contributed by atoms with Crippen molar-refractivity contribution in [3.8, 4) is 0 Å². The van der Waals surface area contributed by atoms with E-state index in [-0.39, 0.29) is 29.8 Å². The van der Waals surface area contributed by atoms with Gasteiger partial charge in [0.25, 0.3) is 5.91 Å². The topological polar surface area (TPSA) is 135 Å². The molecule has 0 saturated carbocycles. The van der Waals surface area contributed by atoms with Crippen LogP contribution in [0.3, 0.4) is 0 Å². The van der Waals surface area contributed by atoms with Gasteiger partial charge in [0.15, 0.2) is 0 Å². The molecule has 1 unspecified atom stereocenters. The maximum atomic E-state index is 13.6. The lowest BCUT2D eigenvalue weighted by molar-refractivity contribution is -0.160. The van der Waals surface area contributed by atoms with Crippen molar-refractivity contribution in [3.05, 3.63) is 60.4 Å². The van der Waals surface area contributed by atoms with Crippen molar-refractivity contribution in [2.45, 2.75) is 78.5 Å². The number of nitrogens with zero attached hydrogens (tertiary/aromatic N) is 2. The number of imide groups is 1. The summed E-state index contributed by atoms with van der Waals surface area (Å²) in [5.74, 6) is -3.47. The van der Waals surface area contributed by atoms with Gasteiger partial charge >= 0.3 is 5.97 Å². The number of ether oxygens (including phenoxy) is 1. The van der Waals surface area contributed by atoms with Crippen molar-refractivity contribution in [1.29, 1.82) is 0 Å². The Labute approximate surface area is 241 Å². The van der Waals surface area contributed by atoms with Crippen LogP contribution < -0.4 is 15.5 Å². The lowest BCUT2D eigenvalue weighted by Gasteiger charge is -2.30. The van der Waals surface area contributed by atoms with Gasteiger partial charge < -0.3 is 15.4 Å². The summed E-state index contributed by atoms with van der Waals surface area (Å²) in [6, 6.07) is 11.7. The van der Waals surface area contributed by atoms with Crippen molar-refractivity contribution < 1.29 is 28.7 Å². The molecular formula is C31H40N4O6. The van der Waals surface area contributed by atoms with Crippen LogP contribution in [-0.2, 0) is 23.9 Å². The second-order valence-corrected chi connectivity index (χ2v) is 11.8. The third-order valence-corrected chi connectivity index (χ3v) is 6.89. The molecule has 41 heavy (non-hydrogen) atoms. The van der Waals surface area contributed by atoms with Gasteiger partial charge in [-0.25, -0.2) is 4.79 Å². The van der Waals surface area contributed by atoms with E-state index in [2.05, 4.69) is 15.6 Å². The van der Waals surface area contributed by atoms with Gasteiger partial charge in [-0.05, 0) is 69.7 Å². The molecular weight excluding hydrogens is 524 g/mol. The average molecular weight is 565 g/mol. The van der Waals surface area contributed by atoms with Crippen LogP contribution in [0.1, 0.15) is 71.3 Å². The number of para-hydroxylation sites is 1. The Bertz CT molecular complexity index is 1240. The molecule has 0 spiro atoms. The second kappa shape index (κ2) is 13.5. The molecule has 1 saturated heterocycles. The first-order valence-corrected chi connectivity index (χ1v) is 14.0. The van der Waals surface area contributed by atoms with Crippen LogP contribution >= 0.6 is 0 Å². The van der Waals surface area contributed by atoms with Crippen molar-refractivity contribution in [2.24, 2.45) is 17.8 Å². The number of carbonyl (C=O) groups is 5. The summed E-state index contributed by atoms with van der Waals surface area (Å²) in [6.45, 7) is 10.6. The maximum absolute atomic E-state index is 13.6. The number of aromatic nitrogens is 1. The van der Waals surface area contributed by atoms with Crippen LogP contribution in [0.15, 0.2) is 54.7 Å². The van der Waals surface area contributed by atoms with Crippen molar-refractivity contribution in [2.75, 3.05) is 4.90 Å². The number of anilines is 1. The molecule has 10 heteroatoms. The third kappa shape index (κ3) is 8.45. The predicted molar refractivity (Wildman–Crippen MR) is 154 cm³/mol. The zero-order valence-electron chi connectivity index (χ0n) is 24.5. The number of nitrogens with one attached hydrogen (secondary N) is 2. The van der Waals surface area contributed by atoms with Crippen LogP contribution in [0.4, 0.5) is 5.69 Å². The molecule has 0 bridgehead atoms. The van der Waals surface area contributed by atoms with E-state index in [9.17, 15) is 24.0 Å². The number of carbonyl (C=O) groups excluding carboxylic acids is 5. The van der Waals surface area contributed by atoms with Gasteiger partial charge in [0, 0.05) is 18.5 Å². The molecule has 3 rings (SSSR count). The zero-order valence-corrected chi connectivity index (χ0v) is 24.5. The first kappa shape index (κ1) is 31.4. The van der Waals surface area contributed by atoms with Crippen LogP contribution in [0, 0.1) is 17.8 Å². The highest BCUT2D eigenvalue weighted by molar-refractivity contribution is 6.20. The minimum atomic E-state index is -1.04. The molecule has 2 aromatic rings. The van der Waals surface area contributed by atoms with Gasteiger partial charge in [0.2, 0.25) is 17.7 Å². The fourth-order valence-electron chi connectivity index (χ4n) is 4.68. The number of esters is 1. The summed E-state index contributed by atoms with van der Waals surface area (Å²) >= 11 is 0. The van der Waals surface area contributed by atoms with Crippen LogP contribution in [0.2, 0.25) is 0 Å². The highest BCUT2D eigenvalue weighted by Crippen LogP contribution is 2.30. The molecule has 0 radical (unpaired) electrons. The maximum Gasteiger partial charge on any atom is 0.329 e. The van der Waals surface area contributed by atoms with E-state index in [0.717, 1.165) is 0 Å². The lowest BCUT2D eigenvalue weighted by Crippen LogP contribution is -2.56. The Kier molecular flexibility index (Phi) is 10.4. The van der Waals surface area contributed by atoms with E-state index < -0.39 is 47.3 Å². The summed E-state index contributed by atoms with van der Waals surface area (Å²) in [5, 5.41) is 5.54. The van der Waals surface area contributed by atoms with Gasteiger partial charge in [-0.1, -0.05) is 45.0 Å². The number of pyridine rings is 1. The number of amides is 4. The van der Waals surface area contributed by atoms with Crippen LogP contribution in [-0.4, -0.2) is 52.3 Å². The summed E-state index contributed by atoms with van der Waals surface area (Å²) in [6.07, 6.45) is 2.27. The highest BCUT2D eigenvalue weighted by atomic mass is 16.6. The van der Waals surface area contributed by atoms with E-state index >= 15 is 0 Å². The van der Waals surface area contributed by atoms with Gasteiger partial charge in [-0.2, -0.15) is 0 Å². The summed E-state index contributed by atoms with van der Waals surface area (Å²) in [5.41, 5.74) is -0.0757. The van der Waals surface area contributed by atoms with Gasteiger partial charge in [-0.3, -0.25) is 29.1 Å². The van der Waals surface area contributed by atoms with Crippen molar-refractivity contribution in [3.63, 3.8) is 0 Å². The second-order valence-electron chi connectivity index (χ2n) is 11.8. The molecule has 2 N–H and O–H groups in total. The lowest BCUT2D eigenvalue weighted by atomic mass is 9.90. The molecule has 1 aliphatic rings. The average Bonchev–Trinajstić information content (AvgIpc) is 3.20. The normalized spacial score (nSPS) is 17.6. The minimum absolute atomic E-state index is 0.0751. The SMILES string of the molecule is CC(C)[C@H](NC(=O)[C@@H](NC(=O)c1ccccn1)[C@@H](C)CCC1CC(=O)N(c2ccccc2)C1=O)C(=O)OC(C)(C)C. The molecule has 2 heterocycles. The Morgan fingerprint density at radius 2 is 1.63 bits per heavy atom. The molecule has 220 valence electrons. The highest BCUT2D eigenvalue weighted by Gasteiger charge is 2.40. The van der Waals surface area contributed by atoms with E-state index in [1.165, 1.54) is 17.2 Å². The van der Waals surface area contributed by atoms with Gasteiger partial charge in [0.1, 0.15) is 23.4 Å². The number of hydrogen-bond donors (Lipinski definition) is 2. The molecule has 4 atom stereocenters. The largest absolute Gasteiger partial charge is 0.458 e. The summed E-state index contributed by atoms with van der Waals surface area (Å²) in [7, 11) is 0. The number of hydrogen-bond acceptors (Lipinski definition) is 7. The Morgan fingerprint density at radius 1 is 0.976 bits per heavy atom. The third-order valence-electron chi connectivity index (χ3n) is 6.89. The Morgan fingerprint density at radius 3 is 2.22 bits per heavy atom. The first-order chi connectivity index (χ1) is 19.3. The number of benzene rings is 1. The van der Waals surface area contributed by atoms with E-state index in [1.54, 1.807) is 77.9 Å². The molecule has 1 fully saturated rings. The minimum Gasteiger partial charge on any atom is -0.458 e. The smallest absolute Gasteiger partial charge is 0.329 e. The quantitative estimate of drug-likeness (QED) is 0.314. The van der Waals surface area contributed by atoms with Crippen molar-refractivity contribution in [1.82, 2.24) is 15.6 Å². The standard InChI is InChI=1S/C31H40N4O6/c1-19(2)25(30(40)41-31(4,5)6)33-28(38)26(34-27(37)23-14-10-11-17-32-23)20(3)15-16-21-18-24(36)35(29(21)39)22-12-8-7-9-13-22/h7-14,17,19-21,25-26H,15-16,18H2,1-6H3,(H,33,38)(H,34,37)/t20-,21?,25-,26-/m0/s1. The summed E-state index contributed by atoms with van der Waals surface area (Å²) in [4.78, 5) is 70.5. The fourth-order valence-corrected chi connectivity index (χ4v) is 4.68. The van der Waals surface area contributed by atoms with Crippen molar-refractivity contribution >= 4 is 35.3 Å². The Balaban J connectivity index is 1.76. The molecule has 10 nitrogen and oxygen atoms in total. The molecule has 1 aliphatic heterocycles. The molecule has 0 aliphatic carbocycles. The molecule has 1 aromatic carbocycles. The molecule has 1 aromatic heterocycles. The predicted octanol–water partition coefficient (Wildman–Crippen LogP) is 3.66. The fraction of sp³-hybridized carbons (Fsp3) is 0.484. The Hall–Kier alpha value is -4.08. The van der Waals surface area contributed by atoms with Gasteiger partial charge in [0.05, 0.1) is 5.69 Å². The van der Waals surface area contributed by atoms with E-state index in [0.29, 0.717) is 18.5 Å². The van der Waals surface area contributed by atoms with Crippen LogP contribution in [0.25, 0.3) is 0 Å². The van der Waals surface area contributed by atoms with E-state index in [4.69, 9.17) is 4.74 Å². The van der Waals surface area contributed by atoms with Crippen LogP contribution in [0.5, 0.6) is 0 Å². The zero-order chi connectivity index (χ0) is 30.3. The summed E-state index contributed by atoms with van der Waals surface area (Å²) < 4.78 is 5.51.